The fourth-order valence-corrected chi connectivity index (χ4v) is 3.37. The first kappa shape index (κ1) is 18.7. The average molecular weight is 424 g/mol. The van der Waals surface area contributed by atoms with Crippen LogP contribution in [0.25, 0.3) is 27.8 Å². The third-order valence-corrected chi connectivity index (χ3v) is 5.01. The van der Waals surface area contributed by atoms with Crippen molar-refractivity contribution in [3.63, 3.8) is 0 Å². The Bertz CT molecular complexity index is 1430. The average Bonchev–Trinajstić information content (AvgIpc) is 2.72. The van der Waals surface area contributed by atoms with Gasteiger partial charge in [-0.3, -0.25) is 9.59 Å². The number of pyridine rings is 1. The van der Waals surface area contributed by atoms with Gasteiger partial charge in [-0.15, -0.1) is 0 Å². The van der Waals surface area contributed by atoms with Crippen molar-refractivity contribution in [2.24, 2.45) is 0 Å². The van der Waals surface area contributed by atoms with Crippen molar-refractivity contribution in [2.75, 3.05) is 5.84 Å². The molecule has 142 valence electrons. The minimum Gasteiger partial charge on any atom is -0.336 e. The van der Waals surface area contributed by atoms with Crippen molar-refractivity contribution in [1.82, 2.24) is 14.5 Å². The Morgan fingerprint density at radius 3 is 2.34 bits per heavy atom. The van der Waals surface area contributed by atoms with Gasteiger partial charge in [0.1, 0.15) is 11.6 Å². The highest BCUT2D eigenvalue weighted by Crippen LogP contribution is 2.28. The summed E-state index contributed by atoms with van der Waals surface area (Å²) in [6, 6.07) is 16.4. The van der Waals surface area contributed by atoms with E-state index in [1.165, 1.54) is 6.07 Å². The first-order valence-electron chi connectivity index (χ1n) is 8.31. The zero-order valence-corrected chi connectivity index (χ0v) is 16.1. The summed E-state index contributed by atoms with van der Waals surface area (Å²) in [7, 11) is 0. The third-order valence-electron chi connectivity index (χ3n) is 4.43. The lowest BCUT2D eigenvalue weighted by Gasteiger charge is -2.13. The molecule has 9 heteroatoms. The van der Waals surface area contributed by atoms with Gasteiger partial charge < -0.3 is 5.84 Å². The van der Waals surface area contributed by atoms with Crippen molar-refractivity contribution in [2.45, 2.75) is 0 Å². The molecule has 7 nitrogen and oxygen atoms in total. The van der Waals surface area contributed by atoms with E-state index in [4.69, 9.17) is 29.0 Å². The number of hydrogen-bond donors (Lipinski definition) is 1. The van der Waals surface area contributed by atoms with Crippen molar-refractivity contribution < 1.29 is 0 Å². The summed E-state index contributed by atoms with van der Waals surface area (Å²) in [6.45, 7) is 0. The summed E-state index contributed by atoms with van der Waals surface area (Å²) in [6.07, 6.45) is 0. The second-order valence-corrected chi connectivity index (χ2v) is 6.97. The molecular formula is C20H11Cl2N5O2. The number of aromatic nitrogens is 3. The highest BCUT2D eigenvalue weighted by Gasteiger charge is 2.19. The fraction of sp³-hybridized carbons (Fsp3) is 0. The molecule has 29 heavy (non-hydrogen) atoms. The summed E-state index contributed by atoms with van der Waals surface area (Å²) in [5.41, 5.74) is -0.573. The number of rotatable bonds is 2. The number of nitriles is 1. The van der Waals surface area contributed by atoms with Crippen LogP contribution in [0.5, 0.6) is 0 Å². The molecule has 2 heterocycles. The maximum atomic E-state index is 12.9. The molecule has 0 spiro atoms. The van der Waals surface area contributed by atoms with Crippen molar-refractivity contribution >= 4 is 34.1 Å². The van der Waals surface area contributed by atoms with Gasteiger partial charge in [0.05, 0.1) is 11.4 Å². The lowest BCUT2D eigenvalue weighted by Crippen LogP contribution is -2.33. The molecule has 4 rings (SSSR count). The zero-order valence-electron chi connectivity index (χ0n) is 14.6. The normalized spacial score (nSPS) is 10.8. The van der Waals surface area contributed by atoms with Crippen LogP contribution in [-0.4, -0.2) is 14.5 Å². The zero-order chi connectivity index (χ0) is 20.7. The van der Waals surface area contributed by atoms with Crippen LogP contribution in [0.3, 0.4) is 0 Å². The number of halogens is 2. The van der Waals surface area contributed by atoms with Gasteiger partial charge in [-0.1, -0.05) is 41.4 Å². The highest BCUT2D eigenvalue weighted by atomic mass is 35.5. The molecule has 2 aromatic heterocycles. The van der Waals surface area contributed by atoms with Crippen LogP contribution in [-0.2, 0) is 0 Å². The van der Waals surface area contributed by atoms with E-state index in [2.05, 4.69) is 5.10 Å². The van der Waals surface area contributed by atoms with Gasteiger partial charge in [-0.05, 0) is 36.4 Å². The molecule has 0 amide bonds. The lowest BCUT2D eigenvalue weighted by atomic mass is 10.1. The maximum absolute atomic E-state index is 12.9. The molecule has 2 N–H and O–H groups in total. The lowest BCUT2D eigenvalue weighted by molar-refractivity contribution is 0.817. The molecule has 0 saturated heterocycles. The van der Waals surface area contributed by atoms with Gasteiger partial charge in [-0.25, -0.2) is 4.68 Å². The topological polar surface area (TPSA) is 107 Å². The monoisotopic (exact) mass is 423 g/mol. The number of nitrogens with zero attached hydrogens (tertiary/aromatic N) is 4. The summed E-state index contributed by atoms with van der Waals surface area (Å²) in [5, 5.41) is 14.7. The Morgan fingerprint density at radius 2 is 1.69 bits per heavy atom. The van der Waals surface area contributed by atoms with Gasteiger partial charge in [0.15, 0.2) is 5.52 Å². The third kappa shape index (κ3) is 3.05. The van der Waals surface area contributed by atoms with Crippen LogP contribution in [0.15, 0.2) is 64.2 Å². The molecule has 2 aromatic carbocycles. The molecule has 0 aliphatic rings. The van der Waals surface area contributed by atoms with Crippen LogP contribution in [0.1, 0.15) is 5.56 Å². The number of hydrogen-bond acceptors (Lipinski definition) is 5. The molecule has 0 aliphatic carbocycles. The number of nitrogens with two attached hydrogens (primary N) is 1. The van der Waals surface area contributed by atoms with Crippen molar-refractivity contribution in [3.05, 3.63) is 90.9 Å². The molecule has 0 fully saturated rings. The van der Waals surface area contributed by atoms with Gasteiger partial charge in [-0.2, -0.15) is 15.0 Å². The van der Waals surface area contributed by atoms with Crippen molar-refractivity contribution in [1.29, 1.82) is 5.26 Å². The standard InChI is InChI=1S/C20H11Cl2N5O2/c21-11-5-7-12(8-6-11)27-19(28)15(10-23)14-9-17(13-3-1-2-4-16(13)22)26(24)20(29)18(14)25-27/h1-9H,24H2. The Hall–Kier alpha value is -3.60. The minimum atomic E-state index is -0.670. The Labute approximate surface area is 173 Å². The van der Waals surface area contributed by atoms with E-state index in [-0.39, 0.29) is 22.2 Å². The van der Waals surface area contributed by atoms with E-state index in [1.54, 1.807) is 48.5 Å². The van der Waals surface area contributed by atoms with E-state index >= 15 is 0 Å². The molecule has 0 aliphatic heterocycles. The van der Waals surface area contributed by atoms with Crippen LogP contribution in [0, 0.1) is 11.3 Å². The molecule has 0 atom stereocenters. The van der Waals surface area contributed by atoms with E-state index in [9.17, 15) is 14.9 Å². The number of nitrogen functional groups attached to an aromatic ring is 1. The molecule has 0 radical (unpaired) electrons. The molecule has 0 bridgehead atoms. The van der Waals surface area contributed by atoms with Crippen molar-refractivity contribution in [3.8, 4) is 23.0 Å². The minimum absolute atomic E-state index is 0.101. The van der Waals surface area contributed by atoms with Gasteiger partial charge in [0, 0.05) is 21.0 Å². The van der Waals surface area contributed by atoms with Crippen LogP contribution in [0.2, 0.25) is 10.0 Å². The second-order valence-electron chi connectivity index (χ2n) is 6.13. The first-order chi connectivity index (χ1) is 13.9. The predicted octanol–water partition coefficient (Wildman–Crippen LogP) is 3.11. The fourth-order valence-electron chi connectivity index (χ4n) is 3.01. The van der Waals surface area contributed by atoms with Gasteiger partial charge in [0.25, 0.3) is 11.1 Å². The van der Waals surface area contributed by atoms with Crippen LogP contribution >= 0.6 is 23.2 Å². The van der Waals surface area contributed by atoms with Gasteiger partial charge >= 0.3 is 0 Å². The number of benzene rings is 2. The summed E-state index contributed by atoms with van der Waals surface area (Å²) in [4.78, 5) is 25.8. The SMILES string of the molecule is N#Cc1c(=O)n(-c2ccc(Cl)cc2)nc2c(=O)n(N)c(-c3ccccc3Cl)cc12. The molecule has 0 saturated carbocycles. The Morgan fingerprint density at radius 1 is 1.00 bits per heavy atom. The maximum Gasteiger partial charge on any atom is 0.297 e. The quantitative estimate of drug-likeness (QED) is 0.498. The highest BCUT2D eigenvalue weighted by molar-refractivity contribution is 6.33. The van der Waals surface area contributed by atoms with E-state index in [0.717, 1.165) is 9.36 Å². The summed E-state index contributed by atoms with van der Waals surface area (Å²) in [5.74, 6) is 6.01. The smallest absolute Gasteiger partial charge is 0.297 e. The van der Waals surface area contributed by atoms with E-state index in [0.29, 0.717) is 21.3 Å². The second kappa shape index (κ2) is 7.09. The number of fused-ring (bicyclic) bond motifs is 1. The summed E-state index contributed by atoms with van der Waals surface area (Å²) >= 11 is 12.1. The van der Waals surface area contributed by atoms with E-state index in [1.807, 2.05) is 6.07 Å². The van der Waals surface area contributed by atoms with Gasteiger partial charge in [0.2, 0.25) is 0 Å². The Balaban J connectivity index is 2.11. The van der Waals surface area contributed by atoms with Crippen LogP contribution in [0.4, 0.5) is 0 Å². The largest absolute Gasteiger partial charge is 0.336 e. The van der Waals surface area contributed by atoms with Crippen LogP contribution < -0.4 is 17.0 Å². The summed E-state index contributed by atoms with van der Waals surface area (Å²) < 4.78 is 1.88. The van der Waals surface area contributed by atoms with E-state index < -0.39 is 11.1 Å². The molecular weight excluding hydrogens is 413 g/mol. The molecule has 4 aromatic rings. The Kier molecular flexibility index (Phi) is 4.59. The molecule has 0 unspecified atom stereocenters. The first-order valence-corrected chi connectivity index (χ1v) is 9.07. The predicted molar refractivity (Wildman–Crippen MR) is 112 cm³/mol.